The molecule has 0 spiro atoms. The van der Waals surface area contributed by atoms with Crippen molar-refractivity contribution in [3.05, 3.63) is 48.6 Å². The van der Waals surface area contributed by atoms with E-state index in [-0.39, 0.29) is 5.91 Å². The summed E-state index contributed by atoms with van der Waals surface area (Å²) in [4.78, 5) is 15.5. The van der Waals surface area contributed by atoms with Crippen molar-refractivity contribution in [2.24, 2.45) is 0 Å². The van der Waals surface area contributed by atoms with Crippen LogP contribution in [0.4, 0.5) is 5.82 Å². The van der Waals surface area contributed by atoms with Gasteiger partial charge in [0, 0.05) is 19.0 Å². The van der Waals surface area contributed by atoms with Gasteiger partial charge in [-0.15, -0.1) is 0 Å². The van der Waals surface area contributed by atoms with Crippen molar-refractivity contribution < 1.29 is 9.21 Å². The Morgan fingerprint density at radius 1 is 1.31 bits per heavy atom. The molecule has 16 heavy (non-hydrogen) atoms. The van der Waals surface area contributed by atoms with E-state index in [1.165, 1.54) is 0 Å². The number of furan rings is 1. The Morgan fingerprint density at radius 3 is 2.94 bits per heavy atom. The number of hydrogen-bond acceptors (Lipinski definition) is 3. The molecular formula is C12H12N2O2. The Kier molecular flexibility index (Phi) is 3.33. The van der Waals surface area contributed by atoms with E-state index in [2.05, 4.69) is 10.3 Å². The van der Waals surface area contributed by atoms with Crippen LogP contribution in [0.3, 0.4) is 0 Å². The van der Waals surface area contributed by atoms with Crippen LogP contribution in [0.5, 0.6) is 0 Å². The zero-order valence-corrected chi connectivity index (χ0v) is 8.72. The average Bonchev–Trinajstić information content (AvgIpc) is 2.81. The minimum atomic E-state index is -0.0601. The lowest BCUT2D eigenvalue weighted by Gasteiger charge is -2.02. The van der Waals surface area contributed by atoms with E-state index < -0.39 is 0 Å². The third kappa shape index (κ3) is 2.95. The van der Waals surface area contributed by atoms with E-state index in [0.717, 1.165) is 5.76 Å². The number of nitrogens with zero attached hydrogens (tertiary/aromatic N) is 1. The first kappa shape index (κ1) is 10.4. The maximum atomic E-state index is 11.5. The van der Waals surface area contributed by atoms with Crippen molar-refractivity contribution in [3.63, 3.8) is 0 Å². The van der Waals surface area contributed by atoms with Crippen LogP contribution in [0.15, 0.2) is 47.2 Å². The third-order valence-electron chi connectivity index (χ3n) is 2.11. The molecule has 0 radical (unpaired) electrons. The molecule has 0 atom stereocenters. The lowest BCUT2D eigenvalue weighted by Crippen LogP contribution is -2.12. The Labute approximate surface area is 93.3 Å². The molecule has 0 saturated heterocycles. The largest absolute Gasteiger partial charge is 0.469 e. The predicted molar refractivity (Wildman–Crippen MR) is 59.9 cm³/mol. The number of anilines is 1. The highest BCUT2D eigenvalue weighted by Crippen LogP contribution is 2.05. The third-order valence-corrected chi connectivity index (χ3v) is 2.11. The Bertz CT molecular complexity index is 437. The van der Waals surface area contributed by atoms with Crippen molar-refractivity contribution >= 4 is 11.7 Å². The molecule has 82 valence electrons. The molecule has 0 saturated carbocycles. The summed E-state index contributed by atoms with van der Waals surface area (Å²) in [7, 11) is 0. The number of aryl methyl sites for hydroxylation is 1. The van der Waals surface area contributed by atoms with Gasteiger partial charge in [0.2, 0.25) is 5.91 Å². The number of aromatic nitrogens is 1. The highest BCUT2D eigenvalue weighted by Gasteiger charge is 2.04. The SMILES string of the molecule is O=C(CCc1ccco1)Nc1ccccn1. The molecule has 2 aromatic rings. The first-order valence-electron chi connectivity index (χ1n) is 5.08. The van der Waals surface area contributed by atoms with Crippen molar-refractivity contribution in [1.82, 2.24) is 4.98 Å². The standard InChI is InChI=1S/C12H12N2O2/c15-12(7-6-10-4-3-9-16-10)14-11-5-1-2-8-13-11/h1-5,8-9H,6-7H2,(H,13,14,15). The van der Waals surface area contributed by atoms with Gasteiger partial charge in [-0.25, -0.2) is 4.98 Å². The normalized spacial score (nSPS) is 10.0. The van der Waals surface area contributed by atoms with Crippen molar-refractivity contribution in [1.29, 1.82) is 0 Å². The van der Waals surface area contributed by atoms with Crippen LogP contribution in [-0.2, 0) is 11.2 Å². The van der Waals surface area contributed by atoms with Gasteiger partial charge in [0.25, 0.3) is 0 Å². The fourth-order valence-electron chi connectivity index (χ4n) is 1.33. The molecule has 2 heterocycles. The Balaban J connectivity index is 1.81. The van der Waals surface area contributed by atoms with Crippen LogP contribution >= 0.6 is 0 Å². The topological polar surface area (TPSA) is 55.1 Å². The molecule has 2 rings (SSSR count). The quantitative estimate of drug-likeness (QED) is 0.852. The molecule has 0 bridgehead atoms. The second-order valence-corrected chi connectivity index (χ2v) is 3.34. The van der Waals surface area contributed by atoms with Gasteiger partial charge in [0.05, 0.1) is 6.26 Å². The van der Waals surface area contributed by atoms with E-state index in [1.54, 1.807) is 24.6 Å². The fourth-order valence-corrected chi connectivity index (χ4v) is 1.33. The highest BCUT2D eigenvalue weighted by atomic mass is 16.3. The smallest absolute Gasteiger partial charge is 0.225 e. The summed E-state index contributed by atoms with van der Waals surface area (Å²) in [5.41, 5.74) is 0. The lowest BCUT2D eigenvalue weighted by molar-refractivity contribution is -0.116. The molecule has 0 aromatic carbocycles. The average molecular weight is 216 g/mol. The minimum Gasteiger partial charge on any atom is -0.469 e. The van der Waals surface area contributed by atoms with Crippen molar-refractivity contribution in [2.75, 3.05) is 5.32 Å². The summed E-state index contributed by atoms with van der Waals surface area (Å²) in [6.07, 6.45) is 4.24. The summed E-state index contributed by atoms with van der Waals surface area (Å²) in [6, 6.07) is 9.05. The molecule has 0 aliphatic carbocycles. The summed E-state index contributed by atoms with van der Waals surface area (Å²) in [5, 5.41) is 2.71. The molecule has 2 aromatic heterocycles. The molecule has 0 aliphatic rings. The zero-order chi connectivity index (χ0) is 11.2. The second-order valence-electron chi connectivity index (χ2n) is 3.34. The van der Waals surface area contributed by atoms with E-state index in [9.17, 15) is 4.79 Å². The van der Waals surface area contributed by atoms with Gasteiger partial charge in [-0.2, -0.15) is 0 Å². The van der Waals surface area contributed by atoms with Gasteiger partial charge in [-0.1, -0.05) is 6.07 Å². The van der Waals surface area contributed by atoms with E-state index in [4.69, 9.17) is 4.42 Å². The van der Waals surface area contributed by atoms with Crippen LogP contribution in [0.25, 0.3) is 0 Å². The summed E-state index contributed by atoms with van der Waals surface area (Å²) >= 11 is 0. The lowest BCUT2D eigenvalue weighted by atomic mass is 10.2. The highest BCUT2D eigenvalue weighted by molar-refractivity contribution is 5.89. The molecule has 0 fully saturated rings. The summed E-state index contributed by atoms with van der Waals surface area (Å²) in [6.45, 7) is 0. The first-order valence-corrected chi connectivity index (χ1v) is 5.08. The van der Waals surface area contributed by atoms with Crippen LogP contribution in [0.2, 0.25) is 0 Å². The van der Waals surface area contributed by atoms with Gasteiger partial charge >= 0.3 is 0 Å². The van der Waals surface area contributed by atoms with Gasteiger partial charge in [0.15, 0.2) is 0 Å². The van der Waals surface area contributed by atoms with E-state index in [1.807, 2.05) is 18.2 Å². The molecule has 4 nitrogen and oxygen atoms in total. The summed E-state index contributed by atoms with van der Waals surface area (Å²) < 4.78 is 5.14. The fraction of sp³-hybridized carbons (Fsp3) is 0.167. The van der Waals surface area contributed by atoms with Gasteiger partial charge in [-0.05, 0) is 24.3 Å². The van der Waals surface area contributed by atoms with Gasteiger partial charge in [-0.3, -0.25) is 4.79 Å². The van der Waals surface area contributed by atoms with E-state index in [0.29, 0.717) is 18.7 Å². The number of hydrogen-bond donors (Lipinski definition) is 1. The van der Waals surface area contributed by atoms with Crippen LogP contribution in [0.1, 0.15) is 12.2 Å². The molecule has 1 amide bonds. The number of pyridine rings is 1. The zero-order valence-electron chi connectivity index (χ0n) is 8.72. The molecular weight excluding hydrogens is 204 g/mol. The molecule has 0 aliphatic heterocycles. The van der Waals surface area contributed by atoms with Crippen molar-refractivity contribution in [3.8, 4) is 0 Å². The maximum absolute atomic E-state index is 11.5. The van der Waals surface area contributed by atoms with Gasteiger partial charge in [0.1, 0.15) is 11.6 Å². The predicted octanol–water partition coefficient (Wildman–Crippen LogP) is 2.25. The number of nitrogens with one attached hydrogen (secondary N) is 1. The molecule has 4 heteroatoms. The van der Waals surface area contributed by atoms with E-state index >= 15 is 0 Å². The minimum absolute atomic E-state index is 0.0601. The summed E-state index contributed by atoms with van der Waals surface area (Å²) in [5.74, 6) is 1.33. The van der Waals surface area contributed by atoms with Crippen LogP contribution in [-0.4, -0.2) is 10.9 Å². The number of rotatable bonds is 4. The van der Waals surface area contributed by atoms with Gasteiger partial charge < -0.3 is 9.73 Å². The molecule has 1 N–H and O–H groups in total. The van der Waals surface area contributed by atoms with Crippen LogP contribution in [0, 0.1) is 0 Å². The number of amides is 1. The Hall–Kier alpha value is -2.10. The number of carbonyl (C=O) groups is 1. The van der Waals surface area contributed by atoms with Crippen molar-refractivity contribution in [2.45, 2.75) is 12.8 Å². The Morgan fingerprint density at radius 2 is 2.25 bits per heavy atom. The van der Waals surface area contributed by atoms with Crippen LogP contribution < -0.4 is 5.32 Å². The first-order chi connectivity index (χ1) is 7.84. The maximum Gasteiger partial charge on any atom is 0.225 e. The molecule has 0 unspecified atom stereocenters. The number of carbonyl (C=O) groups excluding carboxylic acids is 1. The second kappa shape index (κ2) is 5.11. The monoisotopic (exact) mass is 216 g/mol.